The first-order chi connectivity index (χ1) is 14.7. The molecule has 1 fully saturated rings. The first-order valence-corrected chi connectivity index (χ1v) is 12.6. The monoisotopic (exact) mass is 474 g/mol. The third-order valence-corrected chi connectivity index (χ3v) is 6.42. The van der Waals surface area contributed by atoms with Crippen LogP contribution in [0.25, 0.3) is 0 Å². The Morgan fingerprint density at radius 3 is 2.59 bits per heavy atom. The van der Waals surface area contributed by atoms with Gasteiger partial charge in [0.1, 0.15) is 24.4 Å². The van der Waals surface area contributed by atoms with E-state index < -0.39 is 44.1 Å². The minimum atomic E-state index is -3.45. The zero-order valence-electron chi connectivity index (χ0n) is 19.5. The summed E-state index contributed by atoms with van der Waals surface area (Å²) in [5.41, 5.74) is 0.353. The number of allylic oxidation sites excluding steroid dienone is 2. The summed E-state index contributed by atoms with van der Waals surface area (Å²) < 4.78 is 29.1. The van der Waals surface area contributed by atoms with E-state index >= 15 is 0 Å². The van der Waals surface area contributed by atoms with Crippen LogP contribution < -0.4 is 5.09 Å². The van der Waals surface area contributed by atoms with E-state index in [4.69, 9.17) is 14.0 Å². The van der Waals surface area contributed by atoms with E-state index in [1.165, 1.54) is 25.4 Å². The molecule has 0 amide bonds. The molecule has 3 N–H and O–H groups in total. The van der Waals surface area contributed by atoms with Gasteiger partial charge in [0.05, 0.1) is 13.2 Å². The van der Waals surface area contributed by atoms with Gasteiger partial charge >= 0.3 is 5.97 Å². The highest BCUT2D eigenvalue weighted by Crippen LogP contribution is 2.39. The van der Waals surface area contributed by atoms with Crippen LogP contribution in [-0.4, -0.2) is 77.3 Å². The van der Waals surface area contributed by atoms with Gasteiger partial charge < -0.3 is 29.1 Å². The summed E-state index contributed by atoms with van der Waals surface area (Å²) >= 11 is 0. The molecule has 10 nitrogen and oxygen atoms in total. The molecule has 0 aromatic heterocycles. The molecule has 0 spiro atoms. The van der Waals surface area contributed by atoms with Gasteiger partial charge in [0, 0.05) is 24.6 Å². The van der Waals surface area contributed by atoms with Crippen molar-refractivity contribution in [2.75, 3.05) is 19.9 Å². The maximum absolute atomic E-state index is 12.8. The Bertz CT molecular complexity index is 806. The minimum Gasteiger partial charge on any atom is -0.464 e. The molecule has 182 valence electrons. The summed E-state index contributed by atoms with van der Waals surface area (Å²) in [5, 5.41) is 23.4. The molecular weight excluding hydrogens is 439 g/mol. The summed E-state index contributed by atoms with van der Waals surface area (Å²) in [4.78, 5) is 25.3. The topological polar surface area (TPSA) is 135 Å². The Labute approximate surface area is 189 Å². The van der Waals surface area contributed by atoms with Gasteiger partial charge in [0.2, 0.25) is 0 Å². The number of nitrogens with one attached hydrogen (secondary N) is 1. The molecule has 0 aromatic rings. The normalized spacial score (nSPS) is 28.8. The van der Waals surface area contributed by atoms with Crippen LogP contribution in [0.1, 0.15) is 41.0 Å². The van der Waals surface area contributed by atoms with Crippen molar-refractivity contribution in [3.8, 4) is 0 Å². The summed E-state index contributed by atoms with van der Waals surface area (Å²) in [6, 6.07) is -0.866. The Morgan fingerprint density at radius 1 is 1.34 bits per heavy atom. The molecule has 32 heavy (non-hydrogen) atoms. The maximum Gasteiger partial charge on any atom is 0.323 e. The van der Waals surface area contributed by atoms with Crippen LogP contribution in [0.15, 0.2) is 24.0 Å². The molecule has 1 saturated heterocycles. The number of aliphatic hydroxyl groups is 2. The number of rotatable bonds is 9. The smallest absolute Gasteiger partial charge is 0.323 e. The van der Waals surface area contributed by atoms with E-state index in [0.717, 1.165) is 0 Å². The van der Waals surface area contributed by atoms with Gasteiger partial charge in [-0.2, -0.15) is 0 Å². The van der Waals surface area contributed by atoms with Crippen molar-refractivity contribution in [3.05, 3.63) is 24.0 Å². The number of hydrogen-bond donors (Lipinski definition) is 3. The first kappa shape index (κ1) is 26.7. The number of ketones is 1. The van der Waals surface area contributed by atoms with Gasteiger partial charge in [-0.25, -0.2) is 5.09 Å². The van der Waals surface area contributed by atoms with E-state index in [-0.39, 0.29) is 24.4 Å². The van der Waals surface area contributed by atoms with E-state index in [0.29, 0.717) is 12.0 Å². The molecule has 0 bridgehead atoms. The predicted molar refractivity (Wildman–Crippen MR) is 118 cm³/mol. The number of ether oxygens (including phenoxy) is 2. The van der Waals surface area contributed by atoms with Crippen LogP contribution in [0.3, 0.4) is 0 Å². The lowest BCUT2D eigenvalue weighted by molar-refractivity contribution is -0.148. The minimum absolute atomic E-state index is 0.0968. The van der Waals surface area contributed by atoms with Crippen LogP contribution in [0.5, 0.6) is 0 Å². The summed E-state index contributed by atoms with van der Waals surface area (Å²) in [7, 11) is -3.45. The van der Waals surface area contributed by atoms with Crippen molar-refractivity contribution in [3.63, 3.8) is 0 Å². The largest absolute Gasteiger partial charge is 0.464 e. The number of carbonyl (C=O) groups is 2. The molecular formula is C21H35N2O8P. The standard InChI is InChI=1S/C21H35N2O8P/c1-13(20(27)29-12-21(3,4)5)22-32(6,28)30-11-16-17(25)18(26)19(31-16)23-9-7-8-15(10-23)14(2)24/h7,9-10,13,16-19,25-26H,8,11-12H2,1-6H3,(H,22,28)/t13-,16+,17+,18+,19+,32?/m0/s1. The molecule has 2 aliphatic heterocycles. The lowest BCUT2D eigenvalue weighted by Gasteiger charge is -2.28. The quantitative estimate of drug-likeness (QED) is 0.334. The summed E-state index contributed by atoms with van der Waals surface area (Å²) in [6.07, 6.45) is 1.01. The highest BCUT2D eigenvalue weighted by Gasteiger charge is 2.45. The molecule has 0 aliphatic carbocycles. The summed E-state index contributed by atoms with van der Waals surface area (Å²) in [5.74, 6) is -0.649. The molecule has 11 heteroatoms. The second-order valence-corrected chi connectivity index (χ2v) is 11.7. The highest BCUT2D eigenvalue weighted by molar-refractivity contribution is 7.56. The SMILES string of the molecule is CC(=O)C1=CN([C@@H]2O[C@H](COP(C)(=O)N[C@@H](C)C(=O)OCC(C)(C)C)[C@@H](O)[C@H]2O)C=CC1. The molecule has 0 saturated carbocycles. The average molecular weight is 474 g/mol. The van der Waals surface area contributed by atoms with Crippen molar-refractivity contribution in [2.45, 2.75) is 71.6 Å². The Balaban J connectivity index is 1.91. The number of Topliss-reactive ketones (excluding diaryl/α,β-unsaturated/α-hetero) is 1. The predicted octanol–water partition coefficient (Wildman–Crippen LogP) is 1.53. The maximum atomic E-state index is 12.8. The van der Waals surface area contributed by atoms with Crippen molar-refractivity contribution in [1.29, 1.82) is 0 Å². The number of nitrogens with zero attached hydrogens (tertiary/aromatic N) is 1. The first-order valence-electron chi connectivity index (χ1n) is 10.5. The van der Waals surface area contributed by atoms with E-state index in [1.54, 1.807) is 18.5 Å². The molecule has 1 unspecified atom stereocenters. The van der Waals surface area contributed by atoms with Crippen molar-refractivity contribution in [1.82, 2.24) is 9.99 Å². The Hall–Kier alpha value is -1.55. The van der Waals surface area contributed by atoms with Crippen molar-refractivity contribution < 1.29 is 38.4 Å². The van der Waals surface area contributed by atoms with Gasteiger partial charge in [0.25, 0.3) is 7.52 Å². The number of aliphatic hydroxyl groups excluding tert-OH is 2. The van der Waals surface area contributed by atoms with E-state index in [9.17, 15) is 24.4 Å². The van der Waals surface area contributed by atoms with Crippen molar-refractivity contribution >= 4 is 19.3 Å². The fourth-order valence-corrected chi connectivity index (χ4v) is 4.47. The second-order valence-electron chi connectivity index (χ2n) is 9.45. The highest BCUT2D eigenvalue weighted by atomic mass is 31.2. The fourth-order valence-electron chi connectivity index (χ4n) is 3.15. The molecule has 2 heterocycles. The Kier molecular flexibility index (Phi) is 8.83. The third-order valence-electron chi connectivity index (χ3n) is 4.92. The zero-order chi connectivity index (χ0) is 24.3. The number of hydrogen-bond acceptors (Lipinski definition) is 9. The lowest BCUT2D eigenvalue weighted by atomic mass is 9.99. The number of esters is 1. The molecule has 0 aromatic carbocycles. The average Bonchev–Trinajstić information content (AvgIpc) is 2.98. The van der Waals surface area contributed by atoms with Gasteiger partial charge in [-0.15, -0.1) is 0 Å². The molecule has 2 rings (SSSR count). The van der Waals surface area contributed by atoms with Crippen LogP contribution in [0.2, 0.25) is 0 Å². The Morgan fingerprint density at radius 2 is 2.00 bits per heavy atom. The second kappa shape index (κ2) is 10.6. The van der Waals surface area contributed by atoms with E-state index in [1.807, 2.05) is 20.8 Å². The van der Waals surface area contributed by atoms with Crippen molar-refractivity contribution in [2.24, 2.45) is 5.41 Å². The fraction of sp³-hybridized carbons (Fsp3) is 0.714. The summed E-state index contributed by atoms with van der Waals surface area (Å²) in [6.45, 7) is 10.0. The van der Waals surface area contributed by atoms with Crippen LogP contribution >= 0.6 is 7.52 Å². The van der Waals surface area contributed by atoms with Gasteiger partial charge in [-0.3, -0.25) is 14.2 Å². The molecule has 2 aliphatic rings. The van der Waals surface area contributed by atoms with E-state index in [2.05, 4.69) is 5.09 Å². The van der Waals surface area contributed by atoms with Crippen LogP contribution in [0, 0.1) is 5.41 Å². The molecule has 0 radical (unpaired) electrons. The molecule has 6 atom stereocenters. The van der Waals surface area contributed by atoms with Crippen LogP contribution in [0.4, 0.5) is 0 Å². The third kappa shape index (κ3) is 7.50. The number of carbonyl (C=O) groups excluding carboxylic acids is 2. The van der Waals surface area contributed by atoms with Crippen LogP contribution in [-0.2, 0) is 28.2 Å². The van der Waals surface area contributed by atoms with Gasteiger partial charge in [-0.05, 0) is 25.7 Å². The van der Waals surface area contributed by atoms with Gasteiger partial charge in [0.15, 0.2) is 12.0 Å². The lowest BCUT2D eigenvalue weighted by Crippen LogP contribution is -2.40. The zero-order valence-corrected chi connectivity index (χ0v) is 20.4. The van der Waals surface area contributed by atoms with Gasteiger partial charge in [-0.1, -0.05) is 26.8 Å².